The summed E-state index contributed by atoms with van der Waals surface area (Å²) < 4.78 is 0. The third-order valence-electron chi connectivity index (χ3n) is 4.70. The molecule has 0 heterocycles. The van der Waals surface area contributed by atoms with Gasteiger partial charge in [0, 0.05) is 12.3 Å². The number of rotatable bonds is 5. The predicted octanol–water partition coefficient (Wildman–Crippen LogP) is 1.55. The number of benzene rings is 1. The summed E-state index contributed by atoms with van der Waals surface area (Å²) in [6.45, 7) is 0. The zero-order valence-electron chi connectivity index (χ0n) is 11.7. The van der Waals surface area contributed by atoms with E-state index in [1.54, 1.807) is 12.1 Å². The lowest BCUT2D eigenvalue weighted by atomic mass is 10.0. The molecule has 1 amide bonds. The molecule has 3 N–H and O–H groups in total. The Balaban J connectivity index is 1.61. The summed E-state index contributed by atoms with van der Waals surface area (Å²) in [5.74, 6) is -0.0137. The number of aromatic hydroxyl groups is 1. The topological polar surface area (TPSA) is 86.6 Å². The predicted molar refractivity (Wildman–Crippen MR) is 75.7 cm³/mol. The molecule has 2 saturated carbocycles. The zero-order chi connectivity index (χ0) is 15.0. The highest BCUT2D eigenvalue weighted by atomic mass is 16.4. The fourth-order valence-corrected chi connectivity index (χ4v) is 3.55. The van der Waals surface area contributed by atoms with Gasteiger partial charge < -0.3 is 15.5 Å². The molecule has 0 aliphatic heterocycles. The zero-order valence-corrected chi connectivity index (χ0v) is 11.7. The van der Waals surface area contributed by atoms with E-state index in [1.807, 2.05) is 0 Å². The number of carbonyl (C=O) groups excluding carboxylic acids is 1. The number of carbonyl (C=O) groups is 2. The molecule has 2 aliphatic carbocycles. The molecular weight excluding hydrogens is 270 g/mol. The highest BCUT2D eigenvalue weighted by molar-refractivity contribution is 5.87. The monoisotopic (exact) mass is 289 g/mol. The van der Waals surface area contributed by atoms with Gasteiger partial charge in [0.05, 0.1) is 0 Å². The first-order valence-corrected chi connectivity index (χ1v) is 7.37. The van der Waals surface area contributed by atoms with Crippen molar-refractivity contribution in [1.82, 2.24) is 5.32 Å². The lowest BCUT2D eigenvalue weighted by Crippen LogP contribution is -2.43. The van der Waals surface area contributed by atoms with Crippen LogP contribution in [0.4, 0.5) is 0 Å². The molecular formula is C16H19NO4. The fraction of sp³-hybridized carbons (Fsp3) is 0.500. The van der Waals surface area contributed by atoms with E-state index in [2.05, 4.69) is 5.32 Å². The van der Waals surface area contributed by atoms with Crippen LogP contribution in [0.5, 0.6) is 5.75 Å². The maximum atomic E-state index is 12.2. The number of phenols is 1. The van der Waals surface area contributed by atoms with E-state index in [9.17, 15) is 19.8 Å². The number of carboxylic acids is 1. The standard InChI is InChI=1S/C16H19NO4/c18-10-6-4-9(5-7-10)8-13(16(20)21)17-15(19)14-11-2-1-3-12(11)14/h4-7,11-14,18H,1-3,8H2,(H,17,19)(H,20,21)/t11?,12?,13-,14?/m0/s1. The van der Waals surface area contributed by atoms with Crippen LogP contribution in [0.25, 0.3) is 0 Å². The van der Waals surface area contributed by atoms with Crippen molar-refractivity contribution in [1.29, 1.82) is 0 Å². The van der Waals surface area contributed by atoms with Crippen LogP contribution in [-0.4, -0.2) is 28.1 Å². The van der Waals surface area contributed by atoms with Crippen LogP contribution in [0.15, 0.2) is 24.3 Å². The van der Waals surface area contributed by atoms with Gasteiger partial charge in [-0.1, -0.05) is 18.6 Å². The first-order chi connectivity index (χ1) is 10.1. The summed E-state index contributed by atoms with van der Waals surface area (Å²) in [4.78, 5) is 23.5. The van der Waals surface area contributed by atoms with Crippen LogP contribution in [-0.2, 0) is 16.0 Å². The molecule has 1 aromatic carbocycles. The van der Waals surface area contributed by atoms with Gasteiger partial charge in [-0.25, -0.2) is 4.79 Å². The summed E-state index contributed by atoms with van der Waals surface area (Å²) in [5, 5.41) is 21.2. The second-order valence-corrected chi connectivity index (χ2v) is 6.05. The van der Waals surface area contributed by atoms with Crippen molar-refractivity contribution in [3.63, 3.8) is 0 Å². The number of hydrogen-bond donors (Lipinski definition) is 3. The Hall–Kier alpha value is -2.04. The largest absolute Gasteiger partial charge is 0.508 e. The Bertz CT molecular complexity index is 544. The maximum Gasteiger partial charge on any atom is 0.326 e. The molecule has 0 aromatic heterocycles. The Kier molecular flexibility index (Phi) is 3.57. The lowest BCUT2D eigenvalue weighted by Gasteiger charge is -2.15. The second kappa shape index (κ2) is 5.39. The Morgan fingerprint density at radius 2 is 1.81 bits per heavy atom. The molecule has 2 aliphatic rings. The number of nitrogens with one attached hydrogen (secondary N) is 1. The molecule has 0 bridgehead atoms. The Morgan fingerprint density at radius 1 is 1.19 bits per heavy atom. The number of hydrogen-bond acceptors (Lipinski definition) is 3. The number of fused-ring (bicyclic) bond motifs is 1. The average molecular weight is 289 g/mol. The molecule has 1 aromatic rings. The lowest BCUT2D eigenvalue weighted by molar-refractivity contribution is -0.142. The third kappa shape index (κ3) is 2.86. The van der Waals surface area contributed by atoms with E-state index in [0.29, 0.717) is 11.8 Å². The fourth-order valence-electron chi connectivity index (χ4n) is 3.55. The molecule has 0 spiro atoms. The van der Waals surface area contributed by atoms with Gasteiger partial charge in [-0.15, -0.1) is 0 Å². The summed E-state index contributed by atoms with van der Waals surface area (Å²) in [7, 11) is 0. The average Bonchev–Trinajstić information content (AvgIpc) is 2.94. The number of amides is 1. The van der Waals surface area contributed by atoms with E-state index in [-0.39, 0.29) is 24.0 Å². The van der Waals surface area contributed by atoms with Crippen LogP contribution < -0.4 is 5.32 Å². The van der Waals surface area contributed by atoms with Crippen molar-refractivity contribution < 1.29 is 19.8 Å². The molecule has 0 saturated heterocycles. The number of carboxylic acid groups (broad SMARTS) is 1. The SMILES string of the molecule is O=C(N[C@@H](Cc1ccc(O)cc1)C(=O)O)C1C2CCCC21. The van der Waals surface area contributed by atoms with E-state index in [1.165, 1.54) is 18.6 Å². The van der Waals surface area contributed by atoms with Crippen LogP contribution >= 0.6 is 0 Å². The van der Waals surface area contributed by atoms with Gasteiger partial charge in [-0.05, 0) is 42.4 Å². The van der Waals surface area contributed by atoms with Gasteiger partial charge in [-0.2, -0.15) is 0 Å². The summed E-state index contributed by atoms with van der Waals surface area (Å²) >= 11 is 0. The van der Waals surface area contributed by atoms with E-state index >= 15 is 0 Å². The van der Waals surface area contributed by atoms with Gasteiger partial charge in [0.2, 0.25) is 5.91 Å². The van der Waals surface area contributed by atoms with Gasteiger partial charge in [0.1, 0.15) is 11.8 Å². The normalized spacial score (nSPS) is 27.7. The molecule has 3 atom stereocenters. The third-order valence-corrected chi connectivity index (χ3v) is 4.70. The molecule has 21 heavy (non-hydrogen) atoms. The van der Waals surface area contributed by atoms with Gasteiger partial charge in [0.15, 0.2) is 0 Å². The molecule has 2 fully saturated rings. The maximum absolute atomic E-state index is 12.2. The Morgan fingerprint density at radius 3 is 2.38 bits per heavy atom. The quantitative estimate of drug-likeness (QED) is 0.767. The van der Waals surface area contributed by atoms with Gasteiger partial charge in [0.25, 0.3) is 0 Å². The minimum Gasteiger partial charge on any atom is -0.508 e. The van der Waals surface area contributed by atoms with E-state index < -0.39 is 12.0 Å². The minimum absolute atomic E-state index is 0.0282. The smallest absolute Gasteiger partial charge is 0.326 e. The Labute approximate surface area is 123 Å². The summed E-state index contributed by atoms with van der Waals surface area (Å²) in [6, 6.07) is 5.46. The summed E-state index contributed by atoms with van der Waals surface area (Å²) in [6.07, 6.45) is 3.61. The van der Waals surface area contributed by atoms with Crippen molar-refractivity contribution >= 4 is 11.9 Å². The number of phenolic OH excluding ortho intramolecular Hbond substituents is 1. The first-order valence-electron chi connectivity index (χ1n) is 7.37. The van der Waals surface area contributed by atoms with Crippen molar-refractivity contribution in [3.8, 4) is 5.75 Å². The minimum atomic E-state index is -1.03. The van der Waals surface area contributed by atoms with Crippen molar-refractivity contribution in [2.45, 2.75) is 31.7 Å². The summed E-state index contributed by atoms with van der Waals surface area (Å²) in [5.41, 5.74) is 0.775. The molecule has 5 nitrogen and oxygen atoms in total. The van der Waals surface area contributed by atoms with Crippen molar-refractivity contribution in [3.05, 3.63) is 29.8 Å². The van der Waals surface area contributed by atoms with E-state index in [4.69, 9.17) is 0 Å². The molecule has 5 heteroatoms. The van der Waals surface area contributed by atoms with Gasteiger partial charge in [-0.3, -0.25) is 4.79 Å². The molecule has 2 unspecified atom stereocenters. The van der Waals surface area contributed by atoms with Crippen LogP contribution in [0.3, 0.4) is 0 Å². The highest BCUT2D eigenvalue weighted by Gasteiger charge is 2.56. The van der Waals surface area contributed by atoms with Gasteiger partial charge >= 0.3 is 5.97 Å². The van der Waals surface area contributed by atoms with Crippen molar-refractivity contribution in [2.75, 3.05) is 0 Å². The first kappa shape index (κ1) is 13.9. The van der Waals surface area contributed by atoms with Crippen LogP contribution in [0, 0.1) is 17.8 Å². The number of aliphatic carboxylic acids is 1. The molecule has 112 valence electrons. The van der Waals surface area contributed by atoms with E-state index in [0.717, 1.165) is 18.4 Å². The highest BCUT2D eigenvalue weighted by Crippen LogP contribution is 2.57. The second-order valence-electron chi connectivity index (χ2n) is 6.05. The molecule has 3 rings (SSSR count). The van der Waals surface area contributed by atoms with Crippen molar-refractivity contribution in [2.24, 2.45) is 17.8 Å². The van der Waals surface area contributed by atoms with Crippen LogP contribution in [0.2, 0.25) is 0 Å². The van der Waals surface area contributed by atoms with Crippen LogP contribution in [0.1, 0.15) is 24.8 Å². The molecule has 0 radical (unpaired) electrons.